The lowest BCUT2D eigenvalue weighted by Crippen LogP contribution is -2.22. The molecular weight excluding hydrogens is 312 g/mol. The van der Waals surface area contributed by atoms with Gasteiger partial charge in [0.2, 0.25) is 5.91 Å². The molecule has 0 radical (unpaired) electrons. The molecule has 0 aliphatic heterocycles. The number of carbonyl (C=O) groups is 1. The molecule has 0 unspecified atom stereocenters. The second kappa shape index (κ2) is 7.62. The SMILES string of the molecule is CC/C(=N\NC(=O)Cc1cccc2ccccc12)c1ccc(O)cc1. The molecule has 0 spiro atoms. The molecular formula is C21H20N2O2. The third kappa shape index (κ3) is 4.04. The highest BCUT2D eigenvalue weighted by molar-refractivity contribution is 6.01. The average Bonchev–Trinajstić information content (AvgIpc) is 2.64. The first-order valence-corrected chi connectivity index (χ1v) is 8.29. The Morgan fingerprint density at radius 1 is 1.00 bits per heavy atom. The van der Waals surface area contributed by atoms with Gasteiger partial charge in [-0.3, -0.25) is 4.79 Å². The number of nitrogens with one attached hydrogen (secondary N) is 1. The largest absolute Gasteiger partial charge is 0.508 e. The number of aromatic hydroxyl groups is 1. The summed E-state index contributed by atoms with van der Waals surface area (Å²) >= 11 is 0. The number of phenols is 1. The van der Waals surface area contributed by atoms with Crippen molar-refractivity contribution in [2.24, 2.45) is 5.10 Å². The van der Waals surface area contributed by atoms with Gasteiger partial charge in [-0.25, -0.2) is 5.43 Å². The summed E-state index contributed by atoms with van der Waals surface area (Å²) in [4.78, 5) is 12.3. The van der Waals surface area contributed by atoms with Gasteiger partial charge in [-0.15, -0.1) is 0 Å². The summed E-state index contributed by atoms with van der Waals surface area (Å²) < 4.78 is 0. The predicted octanol–water partition coefficient (Wildman–Crippen LogP) is 4.02. The van der Waals surface area contributed by atoms with Gasteiger partial charge >= 0.3 is 0 Å². The Balaban J connectivity index is 1.74. The third-order valence-electron chi connectivity index (χ3n) is 4.08. The van der Waals surface area contributed by atoms with Crippen LogP contribution < -0.4 is 5.43 Å². The van der Waals surface area contributed by atoms with E-state index >= 15 is 0 Å². The smallest absolute Gasteiger partial charge is 0.244 e. The fourth-order valence-corrected chi connectivity index (χ4v) is 2.79. The van der Waals surface area contributed by atoms with Crippen LogP contribution in [0, 0.1) is 0 Å². The van der Waals surface area contributed by atoms with E-state index in [9.17, 15) is 9.90 Å². The van der Waals surface area contributed by atoms with Crippen molar-refractivity contribution in [3.05, 3.63) is 77.9 Å². The first kappa shape index (κ1) is 16.7. The number of amides is 1. The van der Waals surface area contributed by atoms with E-state index in [0.29, 0.717) is 6.42 Å². The van der Waals surface area contributed by atoms with Crippen LogP contribution in [0.1, 0.15) is 24.5 Å². The monoisotopic (exact) mass is 332 g/mol. The number of phenolic OH excluding ortho intramolecular Hbond substituents is 1. The van der Waals surface area contributed by atoms with Crippen LogP contribution in [0.3, 0.4) is 0 Å². The minimum atomic E-state index is -0.152. The van der Waals surface area contributed by atoms with Crippen molar-refractivity contribution < 1.29 is 9.90 Å². The molecule has 0 fully saturated rings. The van der Waals surface area contributed by atoms with E-state index in [2.05, 4.69) is 10.5 Å². The Kier molecular flexibility index (Phi) is 5.09. The summed E-state index contributed by atoms with van der Waals surface area (Å²) in [6.45, 7) is 1.97. The maximum absolute atomic E-state index is 12.3. The van der Waals surface area contributed by atoms with Crippen LogP contribution in [-0.2, 0) is 11.2 Å². The zero-order valence-corrected chi connectivity index (χ0v) is 14.1. The summed E-state index contributed by atoms with van der Waals surface area (Å²) in [5, 5.41) is 15.8. The van der Waals surface area contributed by atoms with Crippen molar-refractivity contribution in [2.75, 3.05) is 0 Å². The molecule has 3 aromatic carbocycles. The summed E-state index contributed by atoms with van der Waals surface area (Å²) in [6, 6.07) is 20.8. The molecule has 3 rings (SSSR count). The second-order valence-corrected chi connectivity index (χ2v) is 5.81. The first-order chi connectivity index (χ1) is 12.2. The molecule has 0 bridgehead atoms. The standard InChI is InChI=1S/C21H20N2O2/c1-2-20(16-10-12-18(24)13-11-16)22-23-21(25)14-17-8-5-7-15-6-3-4-9-19(15)17/h3-13,24H,2,14H2,1H3,(H,23,25)/b22-20+. The highest BCUT2D eigenvalue weighted by atomic mass is 16.3. The van der Waals surface area contributed by atoms with Crippen LogP contribution >= 0.6 is 0 Å². The van der Waals surface area contributed by atoms with Crippen LogP contribution in [0.5, 0.6) is 5.75 Å². The van der Waals surface area contributed by atoms with Crippen LogP contribution in [0.2, 0.25) is 0 Å². The molecule has 0 saturated heterocycles. The number of hydrogen-bond donors (Lipinski definition) is 2. The topological polar surface area (TPSA) is 61.7 Å². The van der Waals surface area contributed by atoms with Gasteiger partial charge in [0.25, 0.3) is 0 Å². The number of hydrazone groups is 1. The van der Waals surface area contributed by atoms with E-state index in [1.54, 1.807) is 24.3 Å². The van der Waals surface area contributed by atoms with E-state index in [4.69, 9.17) is 0 Å². The molecule has 0 aliphatic carbocycles. The molecule has 126 valence electrons. The second-order valence-electron chi connectivity index (χ2n) is 5.81. The Hall–Kier alpha value is -3.14. The average molecular weight is 332 g/mol. The molecule has 0 heterocycles. The van der Waals surface area contributed by atoms with Crippen LogP contribution in [0.15, 0.2) is 71.8 Å². The van der Waals surface area contributed by atoms with E-state index in [-0.39, 0.29) is 18.1 Å². The molecule has 3 aromatic rings. The van der Waals surface area contributed by atoms with E-state index in [0.717, 1.165) is 27.6 Å². The molecule has 4 heteroatoms. The number of benzene rings is 3. The van der Waals surface area contributed by atoms with E-state index in [1.807, 2.05) is 49.4 Å². The highest BCUT2D eigenvalue weighted by Gasteiger charge is 2.07. The summed E-state index contributed by atoms with van der Waals surface area (Å²) in [5.74, 6) is 0.0558. The molecule has 0 aliphatic rings. The van der Waals surface area contributed by atoms with Gasteiger partial charge in [-0.05, 0) is 52.6 Å². The molecule has 0 aromatic heterocycles. The maximum Gasteiger partial charge on any atom is 0.244 e. The summed E-state index contributed by atoms with van der Waals surface area (Å²) in [6.07, 6.45) is 0.955. The molecule has 25 heavy (non-hydrogen) atoms. The lowest BCUT2D eigenvalue weighted by molar-refractivity contribution is -0.120. The minimum absolute atomic E-state index is 0.152. The van der Waals surface area contributed by atoms with Crippen LogP contribution in [-0.4, -0.2) is 16.7 Å². The zero-order chi connectivity index (χ0) is 17.6. The van der Waals surface area contributed by atoms with Crippen molar-refractivity contribution in [1.82, 2.24) is 5.43 Å². The maximum atomic E-state index is 12.3. The Labute approximate surface area is 146 Å². The minimum Gasteiger partial charge on any atom is -0.508 e. The van der Waals surface area contributed by atoms with Crippen molar-refractivity contribution in [3.63, 3.8) is 0 Å². The van der Waals surface area contributed by atoms with Crippen LogP contribution in [0.25, 0.3) is 10.8 Å². The Morgan fingerprint density at radius 2 is 1.72 bits per heavy atom. The van der Waals surface area contributed by atoms with Gasteiger partial charge in [0.1, 0.15) is 5.75 Å². The van der Waals surface area contributed by atoms with Crippen molar-refractivity contribution in [1.29, 1.82) is 0 Å². The fourth-order valence-electron chi connectivity index (χ4n) is 2.79. The lowest BCUT2D eigenvalue weighted by atomic mass is 10.0. The van der Waals surface area contributed by atoms with Crippen molar-refractivity contribution in [2.45, 2.75) is 19.8 Å². The first-order valence-electron chi connectivity index (χ1n) is 8.29. The summed E-state index contributed by atoms with van der Waals surface area (Å²) in [5.41, 5.74) is 5.28. The molecule has 2 N–H and O–H groups in total. The molecule has 0 atom stereocenters. The number of nitrogens with zero attached hydrogens (tertiary/aromatic N) is 1. The Morgan fingerprint density at radius 3 is 2.48 bits per heavy atom. The van der Waals surface area contributed by atoms with Crippen molar-refractivity contribution in [3.8, 4) is 5.75 Å². The summed E-state index contributed by atoms with van der Waals surface area (Å²) in [7, 11) is 0. The molecule has 1 amide bonds. The van der Waals surface area contributed by atoms with Gasteiger partial charge in [0.15, 0.2) is 0 Å². The fraction of sp³-hybridized carbons (Fsp3) is 0.143. The lowest BCUT2D eigenvalue weighted by Gasteiger charge is -2.07. The van der Waals surface area contributed by atoms with Gasteiger partial charge in [0.05, 0.1) is 12.1 Å². The van der Waals surface area contributed by atoms with Crippen LogP contribution in [0.4, 0.5) is 0 Å². The van der Waals surface area contributed by atoms with Crippen molar-refractivity contribution >= 4 is 22.4 Å². The molecule has 0 saturated carbocycles. The molecule has 4 nitrogen and oxygen atoms in total. The normalized spacial score (nSPS) is 11.5. The number of fused-ring (bicyclic) bond motifs is 1. The predicted molar refractivity (Wildman–Crippen MR) is 101 cm³/mol. The third-order valence-corrected chi connectivity index (χ3v) is 4.08. The van der Waals surface area contributed by atoms with Gasteiger partial charge in [-0.1, -0.05) is 49.4 Å². The number of carbonyl (C=O) groups excluding carboxylic acids is 1. The highest BCUT2D eigenvalue weighted by Crippen LogP contribution is 2.19. The van der Waals surface area contributed by atoms with Gasteiger partial charge in [-0.2, -0.15) is 5.10 Å². The van der Waals surface area contributed by atoms with Gasteiger partial charge in [0, 0.05) is 0 Å². The quantitative estimate of drug-likeness (QED) is 0.547. The Bertz CT molecular complexity index is 909. The van der Waals surface area contributed by atoms with Gasteiger partial charge < -0.3 is 5.11 Å². The van der Waals surface area contributed by atoms with E-state index < -0.39 is 0 Å². The number of hydrogen-bond acceptors (Lipinski definition) is 3. The van der Waals surface area contributed by atoms with E-state index in [1.165, 1.54) is 0 Å². The number of rotatable bonds is 5. The zero-order valence-electron chi connectivity index (χ0n) is 14.1.